The molecule has 0 atom stereocenters. The molecule has 2 aromatic carbocycles. The van der Waals surface area contributed by atoms with Gasteiger partial charge in [0.25, 0.3) is 0 Å². The first-order valence-electron chi connectivity index (χ1n) is 7.93. The Morgan fingerprint density at radius 2 is 1.86 bits per heavy atom. The molecule has 0 amide bonds. The Balaban J connectivity index is 1.89. The summed E-state index contributed by atoms with van der Waals surface area (Å²) in [5.74, 6) is 1.30. The summed E-state index contributed by atoms with van der Waals surface area (Å²) in [5.41, 5.74) is 2.48. The molecule has 2 aromatic rings. The van der Waals surface area contributed by atoms with Crippen LogP contribution in [0.25, 0.3) is 10.8 Å². The van der Waals surface area contributed by atoms with E-state index in [1.54, 1.807) is 0 Å². The molecular weight excluding hydrogens is 290 g/mol. The van der Waals surface area contributed by atoms with Gasteiger partial charge in [-0.15, -0.1) is 0 Å². The number of fused-ring (bicyclic) bond motifs is 1. The van der Waals surface area contributed by atoms with Crippen molar-refractivity contribution < 1.29 is 0 Å². The first kappa shape index (κ1) is 13.7. The summed E-state index contributed by atoms with van der Waals surface area (Å²) in [4.78, 5) is 1.90. The SMILES string of the molecule is N=C1CCCNC(=S)N1c1ccc(C2CC2)c2ccccc12. The van der Waals surface area contributed by atoms with Gasteiger partial charge in [-0.2, -0.15) is 0 Å². The molecule has 112 valence electrons. The molecular formula is C18H19N3S. The highest BCUT2D eigenvalue weighted by Crippen LogP contribution is 2.44. The minimum atomic E-state index is 0.583. The molecule has 0 aromatic heterocycles. The highest BCUT2D eigenvalue weighted by molar-refractivity contribution is 7.80. The van der Waals surface area contributed by atoms with Crippen molar-refractivity contribution in [1.82, 2.24) is 5.32 Å². The van der Waals surface area contributed by atoms with Gasteiger partial charge in [0.05, 0.1) is 5.69 Å². The number of thiocarbonyl (C=S) groups is 1. The summed E-state index contributed by atoms with van der Waals surface area (Å²) < 4.78 is 0. The summed E-state index contributed by atoms with van der Waals surface area (Å²) in [6.07, 6.45) is 4.30. The van der Waals surface area contributed by atoms with Crippen molar-refractivity contribution in [2.45, 2.75) is 31.6 Å². The van der Waals surface area contributed by atoms with Crippen LogP contribution in [0.5, 0.6) is 0 Å². The lowest BCUT2D eigenvalue weighted by molar-refractivity contribution is 0.822. The zero-order chi connectivity index (χ0) is 15.1. The molecule has 2 aliphatic rings. The second-order valence-electron chi connectivity index (χ2n) is 6.11. The number of nitrogens with zero attached hydrogens (tertiary/aromatic N) is 1. The van der Waals surface area contributed by atoms with E-state index in [9.17, 15) is 0 Å². The van der Waals surface area contributed by atoms with E-state index in [1.807, 2.05) is 4.90 Å². The zero-order valence-corrected chi connectivity index (χ0v) is 13.2. The Kier molecular flexibility index (Phi) is 3.34. The van der Waals surface area contributed by atoms with E-state index in [1.165, 1.54) is 29.2 Å². The predicted octanol–water partition coefficient (Wildman–Crippen LogP) is 4.17. The maximum absolute atomic E-state index is 8.38. The van der Waals surface area contributed by atoms with Crippen molar-refractivity contribution in [3.8, 4) is 0 Å². The Bertz CT molecular complexity index is 746. The molecule has 22 heavy (non-hydrogen) atoms. The van der Waals surface area contributed by atoms with Gasteiger partial charge < -0.3 is 5.32 Å². The lowest BCUT2D eigenvalue weighted by Crippen LogP contribution is -2.41. The third-order valence-corrected chi connectivity index (χ3v) is 4.86. The average molecular weight is 309 g/mol. The van der Waals surface area contributed by atoms with Gasteiger partial charge in [-0.05, 0) is 54.4 Å². The van der Waals surface area contributed by atoms with Gasteiger partial charge in [0, 0.05) is 18.4 Å². The summed E-state index contributed by atoms with van der Waals surface area (Å²) in [5, 5.41) is 14.8. The molecule has 1 aliphatic carbocycles. The Morgan fingerprint density at radius 1 is 1.09 bits per heavy atom. The highest BCUT2D eigenvalue weighted by atomic mass is 32.1. The van der Waals surface area contributed by atoms with E-state index in [0.717, 1.165) is 25.1 Å². The average Bonchev–Trinajstić information content (AvgIpc) is 3.37. The maximum atomic E-state index is 8.38. The van der Waals surface area contributed by atoms with Crippen LogP contribution in [0.4, 0.5) is 5.69 Å². The molecule has 0 radical (unpaired) electrons. The number of anilines is 1. The van der Waals surface area contributed by atoms with Crippen molar-refractivity contribution in [3.63, 3.8) is 0 Å². The quantitative estimate of drug-likeness (QED) is 0.818. The van der Waals surface area contributed by atoms with Gasteiger partial charge in [0.2, 0.25) is 0 Å². The van der Waals surface area contributed by atoms with Crippen LogP contribution < -0.4 is 10.2 Å². The van der Waals surface area contributed by atoms with Crippen LogP contribution >= 0.6 is 12.2 Å². The number of amidine groups is 1. The minimum absolute atomic E-state index is 0.583. The largest absolute Gasteiger partial charge is 0.362 e. The molecule has 2 fully saturated rings. The van der Waals surface area contributed by atoms with Crippen LogP contribution in [0.3, 0.4) is 0 Å². The van der Waals surface area contributed by atoms with Crippen molar-refractivity contribution >= 4 is 39.6 Å². The van der Waals surface area contributed by atoms with Gasteiger partial charge in [-0.25, -0.2) is 0 Å². The second-order valence-corrected chi connectivity index (χ2v) is 6.50. The van der Waals surface area contributed by atoms with E-state index in [4.69, 9.17) is 17.6 Å². The van der Waals surface area contributed by atoms with Gasteiger partial charge in [-0.3, -0.25) is 10.3 Å². The standard InChI is InChI=1S/C18H19N3S/c19-17-6-3-11-20-18(22)21(17)16-10-9-13(12-7-8-12)14-4-1-2-5-15(14)16/h1-2,4-5,9-10,12,19H,3,6-8,11H2,(H,20,22). The fraction of sp³-hybridized carbons (Fsp3) is 0.333. The van der Waals surface area contributed by atoms with E-state index in [2.05, 4.69) is 41.7 Å². The molecule has 3 nitrogen and oxygen atoms in total. The van der Waals surface area contributed by atoms with Crippen LogP contribution in [-0.4, -0.2) is 17.5 Å². The molecule has 0 bridgehead atoms. The van der Waals surface area contributed by atoms with Crippen LogP contribution in [0.1, 0.15) is 37.2 Å². The van der Waals surface area contributed by atoms with Gasteiger partial charge in [0.1, 0.15) is 5.84 Å². The van der Waals surface area contributed by atoms with Gasteiger partial charge >= 0.3 is 0 Å². The highest BCUT2D eigenvalue weighted by Gasteiger charge is 2.27. The zero-order valence-electron chi connectivity index (χ0n) is 12.4. The fourth-order valence-corrected chi connectivity index (χ4v) is 3.58. The van der Waals surface area contributed by atoms with Crippen molar-refractivity contribution in [2.75, 3.05) is 11.4 Å². The maximum Gasteiger partial charge on any atom is 0.179 e. The van der Waals surface area contributed by atoms with Crippen LogP contribution in [0.2, 0.25) is 0 Å². The molecule has 1 aliphatic heterocycles. The monoisotopic (exact) mass is 309 g/mol. The smallest absolute Gasteiger partial charge is 0.179 e. The van der Waals surface area contributed by atoms with Crippen molar-refractivity contribution in [3.05, 3.63) is 42.0 Å². The van der Waals surface area contributed by atoms with Crippen molar-refractivity contribution in [1.29, 1.82) is 5.41 Å². The second kappa shape index (κ2) is 5.36. The number of hydrogen-bond acceptors (Lipinski definition) is 2. The molecule has 0 spiro atoms. The van der Waals surface area contributed by atoms with E-state index in [-0.39, 0.29) is 0 Å². The normalized spacial score (nSPS) is 19.2. The molecule has 4 heteroatoms. The molecule has 1 saturated carbocycles. The van der Waals surface area contributed by atoms with Crippen molar-refractivity contribution in [2.24, 2.45) is 0 Å². The van der Waals surface area contributed by atoms with Crippen LogP contribution in [0.15, 0.2) is 36.4 Å². The number of benzene rings is 2. The predicted molar refractivity (Wildman–Crippen MR) is 96.0 cm³/mol. The first-order chi connectivity index (χ1) is 10.8. The molecule has 1 saturated heterocycles. The topological polar surface area (TPSA) is 39.1 Å². The number of rotatable bonds is 2. The first-order valence-corrected chi connectivity index (χ1v) is 8.33. The molecule has 2 N–H and O–H groups in total. The minimum Gasteiger partial charge on any atom is -0.362 e. The van der Waals surface area contributed by atoms with E-state index >= 15 is 0 Å². The molecule has 4 rings (SSSR count). The Morgan fingerprint density at radius 3 is 2.64 bits per heavy atom. The number of nitrogens with one attached hydrogen (secondary N) is 2. The lowest BCUT2D eigenvalue weighted by Gasteiger charge is -2.25. The van der Waals surface area contributed by atoms with E-state index in [0.29, 0.717) is 16.9 Å². The van der Waals surface area contributed by atoms with Crippen LogP contribution in [-0.2, 0) is 0 Å². The fourth-order valence-electron chi connectivity index (χ4n) is 3.27. The summed E-state index contributed by atoms with van der Waals surface area (Å²) >= 11 is 5.51. The summed E-state index contributed by atoms with van der Waals surface area (Å²) in [6, 6.07) is 12.9. The summed E-state index contributed by atoms with van der Waals surface area (Å²) in [6.45, 7) is 0.843. The number of hydrogen-bond donors (Lipinski definition) is 2. The lowest BCUT2D eigenvalue weighted by atomic mass is 9.99. The van der Waals surface area contributed by atoms with Gasteiger partial charge in [0.15, 0.2) is 5.11 Å². The summed E-state index contributed by atoms with van der Waals surface area (Å²) in [7, 11) is 0. The van der Waals surface area contributed by atoms with Crippen LogP contribution in [0, 0.1) is 5.41 Å². The Hall–Kier alpha value is -1.94. The third kappa shape index (κ3) is 2.28. The molecule has 0 unspecified atom stereocenters. The van der Waals surface area contributed by atoms with Gasteiger partial charge in [-0.1, -0.05) is 30.3 Å². The Labute approximate surface area is 135 Å². The van der Waals surface area contributed by atoms with E-state index < -0.39 is 0 Å². The molecule has 1 heterocycles. The third-order valence-electron chi connectivity index (χ3n) is 4.53.